The summed E-state index contributed by atoms with van der Waals surface area (Å²) in [6.07, 6.45) is 1.60. The lowest BCUT2D eigenvalue weighted by atomic mass is 9.94. The number of carbonyl (C=O) groups is 1. The summed E-state index contributed by atoms with van der Waals surface area (Å²) in [5, 5.41) is 1.01. The molecule has 1 aromatic heterocycles. The monoisotopic (exact) mass is 244 g/mol. The summed E-state index contributed by atoms with van der Waals surface area (Å²) in [4.78, 5) is 12.3. The van der Waals surface area contributed by atoms with Crippen molar-refractivity contribution in [2.24, 2.45) is 5.92 Å². The number of Topliss-reactive ketones (excluding diaryl/α,β-unsaturated/α-hetero) is 1. The second-order valence-corrected chi connectivity index (χ2v) is 4.90. The van der Waals surface area contributed by atoms with Gasteiger partial charge in [0, 0.05) is 24.5 Å². The number of aryl methyl sites for hydroxylation is 1. The van der Waals surface area contributed by atoms with Crippen LogP contribution in [0.4, 0.5) is 0 Å². The van der Waals surface area contributed by atoms with Crippen molar-refractivity contribution in [2.45, 2.75) is 19.8 Å². The zero-order chi connectivity index (χ0) is 12.5. The summed E-state index contributed by atoms with van der Waals surface area (Å²) in [6, 6.07) is 7.82. The average Bonchev–Trinajstić information content (AvgIpc) is 2.81. The van der Waals surface area contributed by atoms with Crippen LogP contribution >= 0.6 is 0 Å². The molecule has 3 nitrogen and oxygen atoms in total. The SMILES string of the molecule is Cc1ccc2oc(C(=O)C3CCOCC3)cc2c1. The van der Waals surface area contributed by atoms with Gasteiger partial charge in [-0.2, -0.15) is 0 Å². The van der Waals surface area contributed by atoms with Gasteiger partial charge in [0.1, 0.15) is 5.58 Å². The minimum atomic E-state index is 0.0559. The van der Waals surface area contributed by atoms with Gasteiger partial charge in [-0.3, -0.25) is 4.79 Å². The lowest BCUT2D eigenvalue weighted by Gasteiger charge is -2.19. The molecule has 0 atom stereocenters. The van der Waals surface area contributed by atoms with Crippen molar-refractivity contribution in [2.75, 3.05) is 13.2 Å². The van der Waals surface area contributed by atoms with E-state index in [1.54, 1.807) is 0 Å². The minimum absolute atomic E-state index is 0.0559. The molecule has 0 amide bonds. The zero-order valence-corrected chi connectivity index (χ0v) is 10.4. The molecular weight excluding hydrogens is 228 g/mol. The predicted octanol–water partition coefficient (Wildman–Crippen LogP) is 3.35. The van der Waals surface area contributed by atoms with Crippen LogP contribution in [0, 0.1) is 12.8 Å². The molecule has 3 rings (SSSR count). The highest BCUT2D eigenvalue weighted by Crippen LogP contribution is 2.25. The summed E-state index contributed by atoms with van der Waals surface area (Å²) in [5.74, 6) is 0.662. The van der Waals surface area contributed by atoms with Crippen molar-refractivity contribution in [3.8, 4) is 0 Å². The average molecular weight is 244 g/mol. The molecule has 0 aliphatic carbocycles. The molecule has 0 N–H and O–H groups in total. The second kappa shape index (κ2) is 4.58. The molecule has 1 fully saturated rings. The number of benzene rings is 1. The van der Waals surface area contributed by atoms with E-state index in [9.17, 15) is 4.79 Å². The van der Waals surface area contributed by atoms with E-state index in [4.69, 9.17) is 9.15 Å². The Morgan fingerprint density at radius 3 is 2.78 bits per heavy atom. The van der Waals surface area contributed by atoms with Gasteiger partial charge in [0.15, 0.2) is 5.76 Å². The Morgan fingerprint density at radius 2 is 2.00 bits per heavy atom. The fourth-order valence-corrected chi connectivity index (χ4v) is 2.45. The first kappa shape index (κ1) is 11.5. The molecule has 1 saturated heterocycles. The summed E-state index contributed by atoms with van der Waals surface area (Å²) in [5.41, 5.74) is 1.96. The van der Waals surface area contributed by atoms with Gasteiger partial charge < -0.3 is 9.15 Å². The standard InChI is InChI=1S/C15H16O3/c1-10-2-3-13-12(8-10)9-14(18-13)15(16)11-4-6-17-7-5-11/h2-3,8-9,11H,4-7H2,1H3. The first-order chi connectivity index (χ1) is 8.74. The molecule has 18 heavy (non-hydrogen) atoms. The summed E-state index contributed by atoms with van der Waals surface area (Å²) < 4.78 is 10.9. The maximum atomic E-state index is 12.3. The smallest absolute Gasteiger partial charge is 0.201 e. The largest absolute Gasteiger partial charge is 0.453 e. The van der Waals surface area contributed by atoms with Crippen LogP contribution in [0.2, 0.25) is 0 Å². The lowest BCUT2D eigenvalue weighted by molar-refractivity contribution is 0.0529. The number of rotatable bonds is 2. The summed E-state index contributed by atoms with van der Waals surface area (Å²) >= 11 is 0. The molecule has 1 aliphatic heterocycles. The van der Waals surface area contributed by atoms with E-state index in [0.29, 0.717) is 19.0 Å². The Balaban J connectivity index is 1.91. The van der Waals surface area contributed by atoms with Crippen LogP contribution in [-0.4, -0.2) is 19.0 Å². The van der Waals surface area contributed by atoms with Crippen LogP contribution in [0.15, 0.2) is 28.7 Å². The molecule has 0 saturated carbocycles. The number of ether oxygens (including phenoxy) is 1. The third-order valence-electron chi connectivity index (χ3n) is 3.51. The highest BCUT2D eigenvalue weighted by molar-refractivity contribution is 5.99. The highest BCUT2D eigenvalue weighted by Gasteiger charge is 2.25. The van der Waals surface area contributed by atoms with E-state index in [1.807, 2.05) is 31.2 Å². The van der Waals surface area contributed by atoms with Gasteiger partial charge >= 0.3 is 0 Å². The van der Waals surface area contributed by atoms with Gasteiger partial charge in [0.05, 0.1) is 0 Å². The Labute approximate surface area is 106 Å². The third-order valence-corrected chi connectivity index (χ3v) is 3.51. The van der Waals surface area contributed by atoms with Crippen LogP contribution in [0.5, 0.6) is 0 Å². The molecule has 1 aliphatic rings. The molecular formula is C15H16O3. The molecule has 2 heterocycles. The zero-order valence-electron chi connectivity index (χ0n) is 10.4. The van der Waals surface area contributed by atoms with Crippen LogP contribution in [-0.2, 0) is 4.74 Å². The van der Waals surface area contributed by atoms with Gasteiger partial charge in [-0.15, -0.1) is 0 Å². The molecule has 1 aromatic carbocycles. The molecule has 0 radical (unpaired) electrons. The lowest BCUT2D eigenvalue weighted by Crippen LogP contribution is -2.23. The maximum Gasteiger partial charge on any atom is 0.201 e. The Morgan fingerprint density at radius 1 is 1.22 bits per heavy atom. The van der Waals surface area contributed by atoms with Gasteiger partial charge in [0.2, 0.25) is 5.78 Å². The van der Waals surface area contributed by atoms with Gasteiger partial charge in [0.25, 0.3) is 0 Å². The Kier molecular flexibility index (Phi) is 2.92. The normalized spacial score (nSPS) is 17.2. The molecule has 0 spiro atoms. The number of furan rings is 1. The predicted molar refractivity (Wildman–Crippen MR) is 68.8 cm³/mol. The fourth-order valence-electron chi connectivity index (χ4n) is 2.45. The maximum absolute atomic E-state index is 12.3. The number of carbonyl (C=O) groups excluding carboxylic acids is 1. The minimum Gasteiger partial charge on any atom is -0.453 e. The van der Waals surface area contributed by atoms with E-state index in [2.05, 4.69) is 0 Å². The van der Waals surface area contributed by atoms with Crippen molar-refractivity contribution in [1.82, 2.24) is 0 Å². The topological polar surface area (TPSA) is 39.4 Å². The van der Waals surface area contributed by atoms with Crippen molar-refractivity contribution in [3.05, 3.63) is 35.6 Å². The van der Waals surface area contributed by atoms with E-state index in [0.717, 1.165) is 23.8 Å². The van der Waals surface area contributed by atoms with Crippen molar-refractivity contribution in [1.29, 1.82) is 0 Å². The number of hydrogen-bond donors (Lipinski definition) is 0. The molecule has 0 bridgehead atoms. The number of fused-ring (bicyclic) bond motifs is 1. The number of hydrogen-bond acceptors (Lipinski definition) is 3. The Hall–Kier alpha value is -1.61. The molecule has 94 valence electrons. The third kappa shape index (κ3) is 2.06. The van der Waals surface area contributed by atoms with E-state index >= 15 is 0 Å². The first-order valence-corrected chi connectivity index (χ1v) is 6.36. The molecule has 0 unspecified atom stereocenters. The van der Waals surface area contributed by atoms with Crippen LogP contribution < -0.4 is 0 Å². The van der Waals surface area contributed by atoms with Crippen molar-refractivity contribution < 1.29 is 13.9 Å². The molecule has 3 heteroatoms. The van der Waals surface area contributed by atoms with Gasteiger partial charge in [-0.1, -0.05) is 11.6 Å². The highest BCUT2D eigenvalue weighted by atomic mass is 16.5. The second-order valence-electron chi connectivity index (χ2n) is 4.90. The summed E-state index contributed by atoms with van der Waals surface area (Å²) in [7, 11) is 0. The van der Waals surface area contributed by atoms with Gasteiger partial charge in [-0.05, 0) is 38.0 Å². The first-order valence-electron chi connectivity index (χ1n) is 6.36. The van der Waals surface area contributed by atoms with Crippen molar-refractivity contribution in [3.63, 3.8) is 0 Å². The van der Waals surface area contributed by atoms with Crippen LogP contribution in [0.1, 0.15) is 29.0 Å². The quantitative estimate of drug-likeness (QED) is 0.760. The van der Waals surface area contributed by atoms with E-state index < -0.39 is 0 Å². The van der Waals surface area contributed by atoms with Gasteiger partial charge in [-0.25, -0.2) is 0 Å². The van der Waals surface area contributed by atoms with E-state index in [-0.39, 0.29) is 11.7 Å². The van der Waals surface area contributed by atoms with Crippen LogP contribution in [0.25, 0.3) is 11.0 Å². The number of ketones is 1. The van der Waals surface area contributed by atoms with Crippen molar-refractivity contribution >= 4 is 16.8 Å². The fraction of sp³-hybridized carbons (Fsp3) is 0.400. The molecule has 2 aromatic rings. The summed E-state index contributed by atoms with van der Waals surface area (Å²) in [6.45, 7) is 3.39. The van der Waals surface area contributed by atoms with E-state index in [1.165, 1.54) is 5.56 Å². The van der Waals surface area contributed by atoms with Crippen LogP contribution in [0.3, 0.4) is 0 Å². The Bertz CT molecular complexity index is 576.